The van der Waals surface area contributed by atoms with Crippen molar-refractivity contribution in [3.63, 3.8) is 0 Å². The van der Waals surface area contributed by atoms with E-state index in [-0.39, 0.29) is 12.5 Å². The normalized spacial score (nSPS) is 12.0. The fourth-order valence-corrected chi connectivity index (χ4v) is 2.84. The Balaban J connectivity index is 2.21. The first kappa shape index (κ1) is 21.5. The van der Waals surface area contributed by atoms with Crippen LogP contribution in [0.3, 0.4) is 0 Å². The van der Waals surface area contributed by atoms with Crippen LogP contribution in [-0.2, 0) is 11.3 Å². The number of nitrogens with one attached hydrogen (secondary N) is 1. The fourth-order valence-electron chi connectivity index (χ4n) is 2.84. The zero-order valence-electron chi connectivity index (χ0n) is 16.0. The van der Waals surface area contributed by atoms with Crippen LogP contribution >= 0.6 is 0 Å². The predicted octanol–water partition coefficient (Wildman–Crippen LogP) is 3.91. The van der Waals surface area contributed by atoms with E-state index in [1.807, 2.05) is 0 Å². The molecule has 0 aliphatic rings. The minimum Gasteiger partial charge on any atom is -0.340 e. The van der Waals surface area contributed by atoms with E-state index in [1.54, 1.807) is 32.9 Å². The zero-order chi connectivity index (χ0) is 20.8. The van der Waals surface area contributed by atoms with Crippen molar-refractivity contribution in [1.29, 1.82) is 0 Å². The van der Waals surface area contributed by atoms with Crippen molar-refractivity contribution in [2.75, 3.05) is 6.54 Å². The van der Waals surface area contributed by atoms with Gasteiger partial charge in [0.2, 0.25) is 5.91 Å². The summed E-state index contributed by atoms with van der Waals surface area (Å²) in [4.78, 5) is 26.8. The van der Waals surface area contributed by atoms with Gasteiger partial charge in [0.1, 0.15) is 29.1 Å². The number of benzene rings is 2. The van der Waals surface area contributed by atoms with Crippen LogP contribution in [0.15, 0.2) is 42.5 Å². The topological polar surface area (TPSA) is 49.4 Å². The first-order valence-electron chi connectivity index (χ1n) is 9.02. The van der Waals surface area contributed by atoms with Gasteiger partial charge in [-0.05, 0) is 42.7 Å². The van der Waals surface area contributed by atoms with Gasteiger partial charge in [0.25, 0.3) is 5.91 Å². The molecule has 0 radical (unpaired) electrons. The smallest absolute Gasteiger partial charge is 0.257 e. The quantitative estimate of drug-likeness (QED) is 0.777. The summed E-state index contributed by atoms with van der Waals surface area (Å²) < 4.78 is 41.2. The Labute approximate surface area is 162 Å². The maximum absolute atomic E-state index is 13.9. The van der Waals surface area contributed by atoms with E-state index in [4.69, 9.17) is 0 Å². The lowest BCUT2D eigenvalue weighted by Crippen LogP contribution is -2.51. The minimum absolute atomic E-state index is 0.153. The molecule has 28 heavy (non-hydrogen) atoms. The molecule has 2 aromatic carbocycles. The molecule has 2 aromatic rings. The van der Waals surface area contributed by atoms with Crippen molar-refractivity contribution in [2.24, 2.45) is 5.92 Å². The van der Waals surface area contributed by atoms with E-state index >= 15 is 0 Å². The van der Waals surface area contributed by atoms with Crippen LogP contribution in [0.4, 0.5) is 13.2 Å². The van der Waals surface area contributed by atoms with Gasteiger partial charge >= 0.3 is 0 Å². The van der Waals surface area contributed by atoms with Crippen molar-refractivity contribution in [2.45, 2.75) is 33.4 Å². The van der Waals surface area contributed by atoms with Gasteiger partial charge in [-0.15, -0.1) is 0 Å². The highest BCUT2D eigenvalue weighted by Gasteiger charge is 2.30. The fraction of sp³-hybridized carbons (Fsp3) is 0.333. The molecule has 4 nitrogen and oxygen atoms in total. The number of amides is 2. The molecule has 0 spiro atoms. The summed E-state index contributed by atoms with van der Waals surface area (Å²) >= 11 is 0. The van der Waals surface area contributed by atoms with Crippen LogP contribution in [0.1, 0.15) is 36.7 Å². The van der Waals surface area contributed by atoms with Crippen molar-refractivity contribution in [3.05, 3.63) is 71.0 Å². The molecule has 0 saturated heterocycles. The average Bonchev–Trinajstić information content (AvgIpc) is 2.63. The molecule has 0 aliphatic heterocycles. The molecule has 1 N–H and O–H groups in total. The van der Waals surface area contributed by atoms with Crippen LogP contribution in [0.5, 0.6) is 0 Å². The molecule has 0 aliphatic carbocycles. The predicted molar refractivity (Wildman–Crippen MR) is 99.9 cm³/mol. The molecule has 0 aromatic heterocycles. The molecule has 150 valence electrons. The van der Waals surface area contributed by atoms with E-state index in [1.165, 1.54) is 17.0 Å². The monoisotopic (exact) mass is 392 g/mol. The summed E-state index contributed by atoms with van der Waals surface area (Å²) in [6.07, 6.45) is 0. The molecule has 1 unspecified atom stereocenters. The van der Waals surface area contributed by atoms with Gasteiger partial charge in [-0.3, -0.25) is 9.59 Å². The molecule has 0 saturated carbocycles. The third-order valence-corrected chi connectivity index (χ3v) is 4.36. The van der Waals surface area contributed by atoms with Gasteiger partial charge < -0.3 is 10.2 Å². The molecular weight excluding hydrogens is 369 g/mol. The highest BCUT2D eigenvalue weighted by Crippen LogP contribution is 2.15. The number of rotatable bonds is 7. The van der Waals surface area contributed by atoms with Gasteiger partial charge in [-0.2, -0.15) is 0 Å². The third-order valence-electron chi connectivity index (χ3n) is 4.36. The number of carbonyl (C=O) groups excluding carboxylic acids is 2. The molecule has 2 amide bonds. The van der Waals surface area contributed by atoms with Crippen LogP contribution in [0, 0.1) is 23.4 Å². The molecule has 0 fully saturated rings. The SMILES string of the molecule is CCN(Cc1cccc(F)c1)C(=O)C(NC(=O)c1c(F)cccc1F)C(C)C. The largest absolute Gasteiger partial charge is 0.340 e. The molecule has 7 heteroatoms. The second-order valence-electron chi connectivity index (χ2n) is 6.77. The van der Waals surface area contributed by atoms with E-state index < -0.39 is 40.9 Å². The highest BCUT2D eigenvalue weighted by atomic mass is 19.1. The van der Waals surface area contributed by atoms with Crippen LogP contribution in [-0.4, -0.2) is 29.3 Å². The van der Waals surface area contributed by atoms with Crippen molar-refractivity contribution < 1.29 is 22.8 Å². The van der Waals surface area contributed by atoms with Gasteiger partial charge in [0.15, 0.2) is 0 Å². The number of hydrogen-bond acceptors (Lipinski definition) is 2. The second-order valence-corrected chi connectivity index (χ2v) is 6.77. The lowest BCUT2D eigenvalue weighted by molar-refractivity contribution is -0.134. The number of halogens is 3. The Morgan fingerprint density at radius 1 is 1.04 bits per heavy atom. The van der Waals surface area contributed by atoms with Gasteiger partial charge in [0, 0.05) is 13.1 Å². The summed E-state index contributed by atoms with van der Waals surface area (Å²) in [5.74, 6) is -4.15. The second kappa shape index (κ2) is 9.39. The zero-order valence-corrected chi connectivity index (χ0v) is 16.0. The Morgan fingerprint density at radius 3 is 2.18 bits per heavy atom. The van der Waals surface area contributed by atoms with Gasteiger partial charge in [0.05, 0.1) is 0 Å². The Bertz CT molecular complexity index is 835. The Kier molecular flexibility index (Phi) is 7.20. The molecular formula is C21H23F3N2O2. The lowest BCUT2D eigenvalue weighted by atomic mass is 10.0. The summed E-state index contributed by atoms with van der Waals surface area (Å²) in [5.41, 5.74) is -0.127. The van der Waals surface area contributed by atoms with E-state index in [0.717, 1.165) is 18.2 Å². The summed E-state index contributed by atoms with van der Waals surface area (Å²) in [6.45, 7) is 5.67. The van der Waals surface area contributed by atoms with Crippen molar-refractivity contribution >= 4 is 11.8 Å². The average molecular weight is 392 g/mol. The number of hydrogen-bond donors (Lipinski definition) is 1. The molecule has 2 rings (SSSR count). The number of likely N-dealkylation sites (N-methyl/N-ethyl adjacent to an activating group) is 1. The Morgan fingerprint density at radius 2 is 1.64 bits per heavy atom. The van der Waals surface area contributed by atoms with Crippen LogP contribution in [0.25, 0.3) is 0 Å². The molecule has 0 heterocycles. The van der Waals surface area contributed by atoms with Crippen LogP contribution in [0.2, 0.25) is 0 Å². The first-order chi connectivity index (χ1) is 13.2. The van der Waals surface area contributed by atoms with E-state index in [9.17, 15) is 22.8 Å². The number of nitrogens with zero attached hydrogens (tertiary/aromatic N) is 1. The van der Waals surface area contributed by atoms with Crippen molar-refractivity contribution in [3.8, 4) is 0 Å². The maximum atomic E-state index is 13.9. The van der Waals surface area contributed by atoms with E-state index in [2.05, 4.69) is 5.32 Å². The van der Waals surface area contributed by atoms with Gasteiger partial charge in [-0.25, -0.2) is 13.2 Å². The standard InChI is InChI=1S/C21H23F3N2O2/c1-4-26(12-14-7-5-8-15(22)11-14)21(28)19(13(2)3)25-20(27)18-16(23)9-6-10-17(18)24/h5-11,13,19H,4,12H2,1-3H3,(H,25,27). The maximum Gasteiger partial charge on any atom is 0.257 e. The van der Waals surface area contributed by atoms with Crippen molar-refractivity contribution in [1.82, 2.24) is 10.2 Å². The van der Waals surface area contributed by atoms with E-state index in [0.29, 0.717) is 12.1 Å². The first-order valence-corrected chi connectivity index (χ1v) is 9.02. The molecule has 1 atom stereocenters. The Hall–Kier alpha value is -2.83. The highest BCUT2D eigenvalue weighted by molar-refractivity contribution is 5.98. The number of carbonyl (C=O) groups is 2. The molecule has 0 bridgehead atoms. The van der Waals surface area contributed by atoms with Gasteiger partial charge in [-0.1, -0.05) is 32.0 Å². The minimum atomic E-state index is -1.00. The lowest BCUT2D eigenvalue weighted by Gasteiger charge is -2.29. The summed E-state index contributed by atoms with van der Waals surface area (Å²) in [5, 5.41) is 2.44. The summed E-state index contributed by atoms with van der Waals surface area (Å²) in [6, 6.07) is 8.00. The third kappa shape index (κ3) is 5.12. The summed E-state index contributed by atoms with van der Waals surface area (Å²) in [7, 11) is 0. The van der Waals surface area contributed by atoms with Crippen LogP contribution < -0.4 is 5.32 Å².